The van der Waals surface area contributed by atoms with Gasteiger partial charge in [-0.3, -0.25) is 9.69 Å². The Labute approximate surface area is 203 Å². The number of fused-ring (bicyclic) bond motifs is 1. The average molecular weight is 492 g/mol. The molecule has 1 unspecified atom stereocenters. The van der Waals surface area contributed by atoms with Crippen molar-refractivity contribution in [1.29, 1.82) is 0 Å². The van der Waals surface area contributed by atoms with Gasteiger partial charge in [-0.2, -0.15) is 0 Å². The van der Waals surface area contributed by atoms with E-state index < -0.39 is 0 Å². The highest BCUT2D eigenvalue weighted by Gasteiger charge is 2.25. The molecule has 0 saturated carbocycles. The lowest BCUT2D eigenvalue weighted by Crippen LogP contribution is -2.50. The number of carbonyl (C=O) groups is 1. The van der Waals surface area contributed by atoms with Crippen LogP contribution in [0.5, 0.6) is 0 Å². The molecule has 0 bridgehead atoms. The smallest absolute Gasteiger partial charge is 0.237 e. The average Bonchev–Trinajstić information content (AvgIpc) is 2.82. The highest BCUT2D eigenvalue weighted by Crippen LogP contribution is 2.30. The zero-order chi connectivity index (χ0) is 22.5. The predicted molar refractivity (Wildman–Crippen MR) is 132 cm³/mol. The van der Waals surface area contributed by atoms with Crippen molar-refractivity contribution < 1.29 is 9.53 Å². The number of carbonyl (C=O) groups excluding carboxylic acids is 1. The summed E-state index contributed by atoms with van der Waals surface area (Å²) in [6.45, 7) is 4.01. The van der Waals surface area contributed by atoms with Crippen LogP contribution in [0.4, 0.5) is 0 Å². The first-order valence-corrected chi connectivity index (χ1v) is 11.9. The number of hydrogen-bond donors (Lipinski definition) is 0. The standard InChI is InChI=1S/C25H25Cl3N2O2/c26-15-25(31)30-11-9-29(10-12-30)16-24(22-8-7-21(27)14-23(22)28)32-17-18-5-6-19-3-1-2-4-20(19)13-18/h1-8,13-14,24H,9-12,15-17H2. The lowest BCUT2D eigenvalue weighted by atomic mass is 10.1. The van der Waals surface area contributed by atoms with E-state index >= 15 is 0 Å². The molecule has 1 aliphatic rings. The second kappa shape index (κ2) is 10.9. The molecular formula is C25H25Cl3N2O2. The molecule has 1 amide bonds. The molecule has 4 nitrogen and oxygen atoms in total. The Kier molecular flexibility index (Phi) is 7.93. The zero-order valence-corrected chi connectivity index (χ0v) is 19.9. The summed E-state index contributed by atoms with van der Waals surface area (Å²) in [7, 11) is 0. The number of ether oxygens (including phenoxy) is 1. The Morgan fingerprint density at radius 2 is 1.69 bits per heavy atom. The Hall–Kier alpha value is -1.82. The first kappa shape index (κ1) is 23.3. The summed E-state index contributed by atoms with van der Waals surface area (Å²) in [5, 5.41) is 3.59. The Bertz CT molecular complexity index is 1080. The van der Waals surface area contributed by atoms with Gasteiger partial charge in [0.05, 0.1) is 12.7 Å². The molecule has 0 spiro atoms. The van der Waals surface area contributed by atoms with Gasteiger partial charge in [-0.15, -0.1) is 11.6 Å². The number of piperazine rings is 1. The third-order valence-corrected chi connectivity index (χ3v) is 6.63. The third-order valence-electron chi connectivity index (χ3n) is 5.84. The molecule has 7 heteroatoms. The number of halogens is 3. The van der Waals surface area contributed by atoms with E-state index in [4.69, 9.17) is 39.5 Å². The molecule has 1 heterocycles. The van der Waals surface area contributed by atoms with E-state index in [1.165, 1.54) is 10.8 Å². The second-order valence-corrected chi connectivity index (χ2v) is 9.07. The van der Waals surface area contributed by atoms with Gasteiger partial charge in [-0.1, -0.05) is 65.7 Å². The van der Waals surface area contributed by atoms with Crippen LogP contribution in [0.15, 0.2) is 60.7 Å². The highest BCUT2D eigenvalue weighted by atomic mass is 35.5. The van der Waals surface area contributed by atoms with Crippen molar-refractivity contribution in [2.75, 3.05) is 38.6 Å². The van der Waals surface area contributed by atoms with Crippen molar-refractivity contribution in [3.63, 3.8) is 0 Å². The number of amides is 1. The molecule has 0 N–H and O–H groups in total. The largest absolute Gasteiger partial charge is 0.367 e. The minimum atomic E-state index is -0.221. The van der Waals surface area contributed by atoms with Crippen LogP contribution in [0.25, 0.3) is 10.8 Å². The van der Waals surface area contributed by atoms with Gasteiger partial charge in [-0.25, -0.2) is 0 Å². The monoisotopic (exact) mass is 490 g/mol. The Balaban J connectivity index is 1.48. The molecule has 32 heavy (non-hydrogen) atoms. The van der Waals surface area contributed by atoms with Crippen molar-refractivity contribution in [2.45, 2.75) is 12.7 Å². The maximum absolute atomic E-state index is 11.9. The quantitative estimate of drug-likeness (QED) is 0.392. The number of nitrogens with zero attached hydrogens (tertiary/aromatic N) is 2. The molecule has 0 radical (unpaired) electrons. The van der Waals surface area contributed by atoms with Gasteiger partial charge in [0.1, 0.15) is 5.88 Å². The summed E-state index contributed by atoms with van der Waals surface area (Å²) in [5.41, 5.74) is 2.02. The summed E-state index contributed by atoms with van der Waals surface area (Å²) in [4.78, 5) is 16.0. The molecule has 0 aromatic heterocycles. The van der Waals surface area contributed by atoms with E-state index in [0.717, 1.165) is 24.2 Å². The van der Waals surface area contributed by atoms with E-state index in [0.29, 0.717) is 36.3 Å². The van der Waals surface area contributed by atoms with Crippen molar-refractivity contribution in [3.8, 4) is 0 Å². The van der Waals surface area contributed by atoms with E-state index in [1.54, 1.807) is 6.07 Å². The highest BCUT2D eigenvalue weighted by molar-refractivity contribution is 6.35. The maximum Gasteiger partial charge on any atom is 0.237 e. The van der Waals surface area contributed by atoms with Gasteiger partial charge >= 0.3 is 0 Å². The van der Waals surface area contributed by atoms with Gasteiger partial charge in [0.2, 0.25) is 5.91 Å². The van der Waals surface area contributed by atoms with E-state index in [-0.39, 0.29) is 17.9 Å². The Morgan fingerprint density at radius 1 is 0.938 bits per heavy atom. The van der Waals surface area contributed by atoms with Gasteiger partial charge < -0.3 is 9.64 Å². The van der Waals surface area contributed by atoms with Gasteiger partial charge in [0.15, 0.2) is 0 Å². The molecule has 1 aliphatic heterocycles. The molecule has 1 fully saturated rings. The topological polar surface area (TPSA) is 32.8 Å². The molecule has 3 aromatic carbocycles. The number of benzene rings is 3. The fourth-order valence-electron chi connectivity index (χ4n) is 4.03. The lowest BCUT2D eigenvalue weighted by molar-refractivity contribution is -0.130. The van der Waals surface area contributed by atoms with Crippen LogP contribution in [-0.4, -0.2) is 54.3 Å². The molecule has 3 aromatic rings. The fourth-order valence-corrected chi connectivity index (χ4v) is 4.73. The zero-order valence-electron chi connectivity index (χ0n) is 17.6. The van der Waals surface area contributed by atoms with Gasteiger partial charge in [0.25, 0.3) is 0 Å². The fraction of sp³-hybridized carbons (Fsp3) is 0.320. The number of hydrogen-bond acceptors (Lipinski definition) is 3. The van der Waals surface area contributed by atoms with Crippen molar-refractivity contribution >= 4 is 51.5 Å². The van der Waals surface area contributed by atoms with Crippen molar-refractivity contribution in [3.05, 3.63) is 81.8 Å². The summed E-state index contributed by atoms with van der Waals surface area (Å²) < 4.78 is 6.41. The van der Waals surface area contributed by atoms with Crippen LogP contribution in [-0.2, 0) is 16.1 Å². The first-order valence-electron chi connectivity index (χ1n) is 10.6. The van der Waals surface area contributed by atoms with E-state index in [1.807, 2.05) is 29.2 Å². The lowest BCUT2D eigenvalue weighted by Gasteiger charge is -2.36. The first-order chi connectivity index (χ1) is 15.5. The Morgan fingerprint density at radius 3 is 2.41 bits per heavy atom. The van der Waals surface area contributed by atoms with Gasteiger partial charge in [0, 0.05) is 48.3 Å². The summed E-state index contributed by atoms with van der Waals surface area (Å²) in [6.07, 6.45) is -0.221. The van der Waals surface area contributed by atoms with Crippen molar-refractivity contribution in [2.24, 2.45) is 0 Å². The third kappa shape index (κ3) is 5.75. The minimum Gasteiger partial charge on any atom is -0.367 e. The normalized spacial score (nSPS) is 15.8. The number of alkyl halides is 1. The molecule has 1 saturated heterocycles. The minimum absolute atomic E-state index is 0.0174. The maximum atomic E-state index is 11.9. The summed E-state index contributed by atoms with van der Waals surface area (Å²) in [5.74, 6) is 0.00823. The number of rotatable bonds is 7. The summed E-state index contributed by atoms with van der Waals surface area (Å²) >= 11 is 18.4. The van der Waals surface area contributed by atoms with E-state index in [2.05, 4.69) is 35.2 Å². The second-order valence-electron chi connectivity index (χ2n) is 7.96. The van der Waals surface area contributed by atoms with Crippen LogP contribution in [0.3, 0.4) is 0 Å². The van der Waals surface area contributed by atoms with Crippen molar-refractivity contribution in [1.82, 2.24) is 9.80 Å². The molecular weight excluding hydrogens is 467 g/mol. The summed E-state index contributed by atoms with van der Waals surface area (Å²) in [6, 6.07) is 20.2. The predicted octanol–water partition coefficient (Wildman–Crippen LogP) is 5.79. The molecule has 168 valence electrons. The van der Waals surface area contributed by atoms with Crippen LogP contribution >= 0.6 is 34.8 Å². The van der Waals surface area contributed by atoms with E-state index in [9.17, 15) is 4.79 Å². The van der Waals surface area contributed by atoms with Crippen LogP contribution in [0.2, 0.25) is 10.0 Å². The van der Waals surface area contributed by atoms with Crippen LogP contribution in [0, 0.1) is 0 Å². The SMILES string of the molecule is O=C(CCl)N1CCN(CC(OCc2ccc3ccccc3c2)c2ccc(Cl)cc2Cl)CC1. The van der Waals surface area contributed by atoms with Crippen LogP contribution in [0.1, 0.15) is 17.2 Å². The molecule has 4 rings (SSSR count). The molecule has 0 aliphatic carbocycles. The van der Waals surface area contributed by atoms with Crippen LogP contribution < -0.4 is 0 Å². The molecule has 1 atom stereocenters. The van der Waals surface area contributed by atoms with Gasteiger partial charge in [-0.05, 0) is 34.5 Å².